The summed E-state index contributed by atoms with van der Waals surface area (Å²) in [4.78, 5) is 53.0. The predicted molar refractivity (Wildman–Crippen MR) is 188 cm³/mol. The molecule has 4 N–H and O–H groups in total. The molecule has 18 atom stereocenters. The molecule has 8 rings (SSSR count). The molecule has 8 aliphatic rings. The highest BCUT2D eigenvalue weighted by Crippen LogP contribution is 2.74. The van der Waals surface area contributed by atoms with Crippen LogP contribution in [0.15, 0.2) is 47.6 Å². The number of hydrogen-bond acceptors (Lipinski definition) is 8. The minimum absolute atomic E-state index is 0.00132. The molecule has 9 nitrogen and oxygen atoms in total. The van der Waals surface area contributed by atoms with Gasteiger partial charge in [-0.2, -0.15) is 0 Å². The van der Waals surface area contributed by atoms with E-state index in [2.05, 4.69) is 0 Å². The van der Waals surface area contributed by atoms with Crippen LogP contribution in [0.4, 0.5) is 17.6 Å². The smallest absolute Gasteiger partial charge is 0.349 e. The van der Waals surface area contributed by atoms with Gasteiger partial charge in [-0.25, -0.2) is 27.2 Å². The zero-order chi connectivity index (χ0) is 40.4. The van der Waals surface area contributed by atoms with Crippen molar-refractivity contribution in [2.75, 3.05) is 0 Å². The van der Waals surface area contributed by atoms with Crippen molar-refractivity contribution in [3.8, 4) is 0 Å². The highest BCUT2D eigenvalue weighted by molar-refractivity contribution is 6.02. The monoisotopic (exact) mass is 774 g/mol. The van der Waals surface area contributed by atoms with Crippen molar-refractivity contribution in [3.05, 3.63) is 47.6 Å². The molecule has 300 valence electrons. The third kappa shape index (κ3) is 4.11. The van der Waals surface area contributed by atoms with Crippen LogP contribution in [0.2, 0.25) is 0 Å². The minimum atomic E-state index is -2.52. The van der Waals surface area contributed by atoms with Gasteiger partial charge in [0.05, 0.1) is 12.2 Å². The summed E-state index contributed by atoms with van der Waals surface area (Å²) in [5.41, 5.74) is -16.9. The number of aliphatic hydroxyl groups is 3. The van der Waals surface area contributed by atoms with Crippen molar-refractivity contribution in [2.24, 2.45) is 57.2 Å². The lowest BCUT2D eigenvalue weighted by molar-refractivity contribution is -0.256. The number of carbonyl (C=O) groups excluding carboxylic acids is 3. The van der Waals surface area contributed by atoms with Gasteiger partial charge in [0.2, 0.25) is 5.60 Å². The Morgan fingerprint density at radius 1 is 0.709 bits per heavy atom. The van der Waals surface area contributed by atoms with Gasteiger partial charge in [-0.3, -0.25) is 9.59 Å². The number of rotatable bonds is 3. The number of halogens is 4. The normalized spacial score (nSPS) is 56.2. The second-order valence-electron chi connectivity index (χ2n) is 19.2. The van der Waals surface area contributed by atoms with Gasteiger partial charge in [0.1, 0.15) is 12.3 Å². The summed E-state index contributed by atoms with van der Waals surface area (Å²) in [5, 5.41) is 47.5. The average molecular weight is 775 g/mol. The van der Waals surface area contributed by atoms with Crippen LogP contribution in [0, 0.1) is 57.2 Å². The maximum Gasteiger partial charge on any atom is 0.349 e. The lowest BCUT2D eigenvalue weighted by Crippen LogP contribution is -2.72. The molecule has 0 aromatic rings. The molecule has 18 unspecified atom stereocenters. The Morgan fingerprint density at radius 2 is 1.13 bits per heavy atom. The number of ketones is 2. The number of alkyl halides is 4. The summed E-state index contributed by atoms with van der Waals surface area (Å²) < 4.78 is 73.9. The second kappa shape index (κ2) is 11.3. The van der Waals surface area contributed by atoms with Gasteiger partial charge >= 0.3 is 11.9 Å². The van der Waals surface area contributed by atoms with Gasteiger partial charge in [-0.05, 0) is 106 Å². The number of carbonyl (C=O) groups is 4. The van der Waals surface area contributed by atoms with Crippen molar-refractivity contribution < 1.29 is 61.9 Å². The highest BCUT2D eigenvalue weighted by Gasteiger charge is 2.81. The molecule has 0 saturated heterocycles. The van der Waals surface area contributed by atoms with Gasteiger partial charge in [0, 0.05) is 39.4 Å². The van der Waals surface area contributed by atoms with Crippen LogP contribution in [0.25, 0.3) is 0 Å². The van der Waals surface area contributed by atoms with E-state index in [0.717, 1.165) is 24.3 Å². The Morgan fingerprint density at radius 3 is 1.58 bits per heavy atom. The summed E-state index contributed by atoms with van der Waals surface area (Å²) in [5.74, 6) is -10.3. The topological polar surface area (TPSA) is 158 Å². The number of fused-ring (bicyclic) bond motifs is 10. The number of aliphatic hydroxyl groups excluding tert-OH is 2. The molecule has 13 heteroatoms. The van der Waals surface area contributed by atoms with E-state index < -0.39 is 153 Å². The third-order valence-electron chi connectivity index (χ3n) is 17.3. The summed E-state index contributed by atoms with van der Waals surface area (Å²) in [7, 11) is 0. The number of aliphatic carboxylic acids is 1. The molecule has 6 saturated carbocycles. The fraction of sp³-hybridized carbons (Fsp3) is 0.714. The Hall–Kier alpha value is -3.16. The van der Waals surface area contributed by atoms with Crippen LogP contribution in [0.5, 0.6) is 0 Å². The fourth-order valence-corrected chi connectivity index (χ4v) is 14.4. The first-order valence-corrected chi connectivity index (χ1v) is 19.5. The maximum absolute atomic E-state index is 17.8. The maximum atomic E-state index is 17.8. The molecule has 6 fully saturated rings. The molecule has 0 spiro atoms. The summed E-state index contributed by atoms with van der Waals surface area (Å²) >= 11 is 0. The largest absolute Gasteiger partial charge is 0.478 e. The molecular weight excluding hydrogens is 724 g/mol. The SMILES string of the molecule is CC1CC2C3CC(F)C4=CC(=O)C=CC4(C)C3(F)C(O)CC2(C)C1(O)C(=O)OC1(C(=O)O)C(C)CC2C3CC(F)C4=CC(=O)C=CC4(C)C3(F)C(O)CC21C. The van der Waals surface area contributed by atoms with E-state index in [4.69, 9.17) is 4.74 Å². The van der Waals surface area contributed by atoms with Crippen LogP contribution in [0.1, 0.15) is 80.1 Å². The van der Waals surface area contributed by atoms with E-state index in [0.29, 0.717) is 0 Å². The number of ether oxygens (including phenoxy) is 1. The van der Waals surface area contributed by atoms with Gasteiger partial charge in [-0.15, -0.1) is 0 Å². The van der Waals surface area contributed by atoms with Crippen LogP contribution in [-0.2, 0) is 23.9 Å². The molecule has 0 bridgehead atoms. The van der Waals surface area contributed by atoms with Crippen LogP contribution < -0.4 is 0 Å². The predicted octanol–water partition coefficient (Wildman–Crippen LogP) is 5.21. The molecule has 0 aliphatic heterocycles. The number of hydrogen-bond donors (Lipinski definition) is 4. The van der Waals surface area contributed by atoms with Crippen LogP contribution >= 0.6 is 0 Å². The first kappa shape index (κ1) is 38.7. The van der Waals surface area contributed by atoms with Crippen LogP contribution in [-0.4, -0.2) is 91.0 Å². The number of carboxylic acids is 1. The Labute approximate surface area is 316 Å². The second-order valence-corrected chi connectivity index (χ2v) is 19.2. The summed E-state index contributed by atoms with van der Waals surface area (Å²) in [6.45, 7) is 8.90. The van der Waals surface area contributed by atoms with Gasteiger partial charge in [0.15, 0.2) is 28.5 Å². The molecule has 0 heterocycles. The van der Waals surface area contributed by atoms with E-state index >= 15 is 17.6 Å². The molecule has 0 aromatic heterocycles. The van der Waals surface area contributed by atoms with Crippen molar-refractivity contribution in [2.45, 2.75) is 127 Å². The molecule has 0 aromatic carbocycles. The minimum Gasteiger partial charge on any atom is -0.478 e. The van der Waals surface area contributed by atoms with E-state index in [-0.39, 0.29) is 24.0 Å². The molecule has 8 aliphatic carbocycles. The lowest BCUT2D eigenvalue weighted by Gasteiger charge is -2.63. The first-order chi connectivity index (χ1) is 25.4. The Kier molecular flexibility index (Phi) is 7.93. The van der Waals surface area contributed by atoms with Crippen molar-refractivity contribution in [1.29, 1.82) is 0 Å². The quantitative estimate of drug-likeness (QED) is 0.223. The third-order valence-corrected chi connectivity index (χ3v) is 17.3. The summed E-state index contributed by atoms with van der Waals surface area (Å²) in [6.07, 6.45) is -2.22. The molecule has 55 heavy (non-hydrogen) atoms. The van der Waals surface area contributed by atoms with E-state index in [1.165, 1.54) is 53.7 Å². The van der Waals surface area contributed by atoms with Crippen molar-refractivity contribution in [1.82, 2.24) is 0 Å². The van der Waals surface area contributed by atoms with Gasteiger partial charge in [-0.1, -0.05) is 39.8 Å². The highest BCUT2D eigenvalue weighted by atomic mass is 19.2. The van der Waals surface area contributed by atoms with Gasteiger partial charge in [0.25, 0.3) is 0 Å². The van der Waals surface area contributed by atoms with Crippen molar-refractivity contribution >= 4 is 23.5 Å². The fourth-order valence-electron chi connectivity index (χ4n) is 14.4. The standard InChI is InChI=1S/C42H50F4O9/c1-19-11-23-25-15-29(43)27-13-21(47)7-9-35(27,3)39(25,45)31(49)17-37(23,5)41(19,54)34(53)55-42(33(51)52)20(2)12-24-26-16-30(44)28-14-22(48)8-10-36(28,4)40(26,46)32(50)18-38(24,42)6/h7-10,13-14,19-20,23-26,29-32,49-50,54H,11-12,15-18H2,1-6H3,(H,51,52). The molecular formula is C42H50F4O9. The average Bonchev–Trinajstić information content (AvgIpc) is 3.45. The number of allylic oxidation sites excluding steroid dienone is 8. The van der Waals surface area contributed by atoms with Crippen LogP contribution in [0.3, 0.4) is 0 Å². The first-order valence-electron chi connectivity index (χ1n) is 19.5. The number of carboxylic acid groups (broad SMARTS) is 1. The zero-order valence-electron chi connectivity index (χ0n) is 31.8. The zero-order valence-corrected chi connectivity index (χ0v) is 31.8. The molecule has 0 amide bonds. The van der Waals surface area contributed by atoms with Crippen molar-refractivity contribution in [3.63, 3.8) is 0 Å². The van der Waals surface area contributed by atoms with E-state index in [1.54, 1.807) is 0 Å². The molecule has 0 radical (unpaired) electrons. The Balaban J connectivity index is 1.17. The summed E-state index contributed by atoms with van der Waals surface area (Å²) in [6, 6.07) is 0. The van der Waals surface area contributed by atoms with Gasteiger partial charge < -0.3 is 25.2 Å². The van der Waals surface area contributed by atoms with E-state index in [9.17, 15) is 39.6 Å². The lowest BCUT2D eigenvalue weighted by atomic mass is 9.44. The number of esters is 1. The van der Waals surface area contributed by atoms with E-state index in [1.807, 2.05) is 0 Å². The Bertz CT molecular complexity index is 1930.